The first-order valence-corrected chi connectivity index (χ1v) is 8.51. The Balaban J connectivity index is 1.41. The normalized spacial score (nSPS) is 20.6. The van der Waals surface area contributed by atoms with Gasteiger partial charge in [-0.25, -0.2) is 4.79 Å². The van der Waals surface area contributed by atoms with Crippen molar-refractivity contribution < 1.29 is 14.1 Å². The number of piperazine rings is 1. The van der Waals surface area contributed by atoms with Gasteiger partial charge in [-0.2, -0.15) is 0 Å². The van der Waals surface area contributed by atoms with Gasteiger partial charge in [-0.05, 0) is 26.7 Å². The third-order valence-electron chi connectivity index (χ3n) is 4.54. The van der Waals surface area contributed by atoms with Crippen molar-refractivity contribution in [1.82, 2.24) is 25.6 Å². The maximum Gasteiger partial charge on any atom is 0.321 e. The minimum Gasteiger partial charge on any atom is -0.360 e. The average Bonchev–Trinajstić information content (AvgIpc) is 3.27. The summed E-state index contributed by atoms with van der Waals surface area (Å²) in [5, 5.41) is 9.10. The first-order valence-electron chi connectivity index (χ1n) is 8.51. The van der Waals surface area contributed by atoms with Crippen LogP contribution < -0.4 is 10.6 Å². The minimum absolute atomic E-state index is 0.243. The zero-order valence-electron chi connectivity index (χ0n) is 14.2. The fourth-order valence-corrected chi connectivity index (χ4v) is 2.85. The number of carbonyl (C=O) groups is 2. The summed E-state index contributed by atoms with van der Waals surface area (Å²) in [6.07, 6.45) is 2.01. The van der Waals surface area contributed by atoms with Gasteiger partial charge in [0.15, 0.2) is 5.76 Å². The third-order valence-corrected chi connectivity index (χ3v) is 4.54. The molecule has 8 nitrogen and oxygen atoms in total. The number of carbonyl (C=O) groups excluding carboxylic acids is 2. The number of hydrogen-bond donors (Lipinski definition) is 2. The lowest BCUT2D eigenvalue weighted by Crippen LogP contribution is -2.55. The number of imide groups is 1. The zero-order valence-corrected chi connectivity index (χ0v) is 14.2. The largest absolute Gasteiger partial charge is 0.360 e. The van der Waals surface area contributed by atoms with Crippen LogP contribution >= 0.6 is 0 Å². The van der Waals surface area contributed by atoms with E-state index in [1.54, 1.807) is 0 Å². The van der Waals surface area contributed by atoms with Crippen LogP contribution in [0.2, 0.25) is 0 Å². The Morgan fingerprint density at radius 1 is 1.33 bits per heavy atom. The molecule has 8 heteroatoms. The molecule has 1 aromatic rings. The van der Waals surface area contributed by atoms with E-state index in [1.807, 2.05) is 19.9 Å². The van der Waals surface area contributed by atoms with E-state index in [9.17, 15) is 9.59 Å². The molecular formula is C16H25N5O3. The predicted molar refractivity (Wildman–Crippen MR) is 87.2 cm³/mol. The SMILES string of the molecule is Cc1cc(CN2CCN(C(C)C(=O)NC(=O)NC3CC3)CC2)on1. The molecule has 1 unspecified atom stereocenters. The Bertz CT molecular complexity index is 590. The van der Waals surface area contributed by atoms with Crippen LogP contribution in [0.4, 0.5) is 4.79 Å². The van der Waals surface area contributed by atoms with Crippen molar-refractivity contribution in [2.75, 3.05) is 26.2 Å². The van der Waals surface area contributed by atoms with Gasteiger partial charge in [-0.15, -0.1) is 0 Å². The van der Waals surface area contributed by atoms with E-state index in [4.69, 9.17) is 4.52 Å². The molecule has 3 rings (SSSR count). The van der Waals surface area contributed by atoms with Gasteiger partial charge in [0.2, 0.25) is 5.91 Å². The molecule has 132 valence electrons. The van der Waals surface area contributed by atoms with Crippen molar-refractivity contribution in [3.8, 4) is 0 Å². The predicted octanol–water partition coefficient (Wildman–Crippen LogP) is 0.477. The molecular weight excluding hydrogens is 310 g/mol. The molecule has 0 aromatic carbocycles. The summed E-state index contributed by atoms with van der Waals surface area (Å²) in [4.78, 5) is 28.2. The molecule has 0 radical (unpaired) electrons. The molecule has 0 spiro atoms. The molecule has 2 fully saturated rings. The molecule has 0 bridgehead atoms. The smallest absolute Gasteiger partial charge is 0.321 e. The second kappa shape index (κ2) is 7.31. The van der Waals surface area contributed by atoms with Crippen LogP contribution in [-0.4, -0.2) is 65.2 Å². The van der Waals surface area contributed by atoms with Crippen LogP contribution in [0.5, 0.6) is 0 Å². The molecule has 2 aliphatic rings. The van der Waals surface area contributed by atoms with E-state index in [1.165, 1.54) is 0 Å². The maximum absolute atomic E-state index is 12.2. The van der Waals surface area contributed by atoms with Gasteiger partial charge in [-0.3, -0.25) is 19.9 Å². The molecule has 3 amide bonds. The molecule has 1 saturated heterocycles. The Kier molecular flexibility index (Phi) is 5.15. The van der Waals surface area contributed by atoms with Gasteiger partial charge >= 0.3 is 6.03 Å². The first kappa shape index (κ1) is 16.9. The maximum atomic E-state index is 12.2. The molecule has 2 N–H and O–H groups in total. The highest BCUT2D eigenvalue weighted by Crippen LogP contribution is 2.18. The standard InChI is InChI=1S/C16H25N5O3/c1-11-9-14(24-19-11)10-20-5-7-21(8-6-20)12(2)15(22)18-16(23)17-13-3-4-13/h9,12-13H,3-8,10H2,1-2H3,(H2,17,18,22,23). The summed E-state index contributed by atoms with van der Waals surface area (Å²) < 4.78 is 5.25. The van der Waals surface area contributed by atoms with Gasteiger partial charge < -0.3 is 9.84 Å². The van der Waals surface area contributed by atoms with Gasteiger partial charge in [0, 0.05) is 38.3 Å². The summed E-state index contributed by atoms with van der Waals surface area (Å²) in [5.74, 6) is 0.621. The van der Waals surface area contributed by atoms with E-state index >= 15 is 0 Å². The molecule has 24 heavy (non-hydrogen) atoms. The van der Waals surface area contributed by atoms with Gasteiger partial charge in [0.05, 0.1) is 18.3 Å². The summed E-state index contributed by atoms with van der Waals surface area (Å²) >= 11 is 0. The Labute approximate surface area is 141 Å². The topological polar surface area (TPSA) is 90.7 Å². The number of amides is 3. The fourth-order valence-electron chi connectivity index (χ4n) is 2.85. The quantitative estimate of drug-likeness (QED) is 0.813. The highest BCUT2D eigenvalue weighted by Gasteiger charge is 2.28. The second-order valence-electron chi connectivity index (χ2n) is 6.66. The van der Waals surface area contributed by atoms with E-state index in [0.717, 1.165) is 57.0 Å². The Hall–Kier alpha value is -1.93. The summed E-state index contributed by atoms with van der Waals surface area (Å²) in [7, 11) is 0. The first-order chi connectivity index (χ1) is 11.5. The van der Waals surface area contributed by atoms with Crippen LogP contribution in [0.15, 0.2) is 10.6 Å². The lowest BCUT2D eigenvalue weighted by Gasteiger charge is -2.36. The molecule has 1 aliphatic heterocycles. The molecule has 1 aliphatic carbocycles. The molecule has 2 heterocycles. The molecule has 1 saturated carbocycles. The second-order valence-corrected chi connectivity index (χ2v) is 6.66. The number of nitrogens with one attached hydrogen (secondary N) is 2. The lowest BCUT2D eigenvalue weighted by atomic mass is 10.2. The lowest BCUT2D eigenvalue weighted by molar-refractivity contribution is -0.125. The zero-order chi connectivity index (χ0) is 17.1. The van der Waals surface area contributed by atoms with Crippen molar-refractivity contribution >= 4 is 11.9 Å². The van der Waals surface area contributed by atoms with Crippen molar-refractivity contribution in [2.24, 2.45) is 0 Å². The Morgan fingerprint density at radius 2 is 2.04 bits per heavy atom. The number of aryl methyl sites for hydroxylation is 1. The monoisotopic (exact) mass is 335 g/mol. The molecule has 1 atom stereocenters. The molecule has 1 aromatic heterocycles. The summed E-state index contributed by atoms with van der Waals surface area (Å²) in [6.45, 7) is 7.76. The summed E-state index contributed by atoms with van der Waals surface area (Å²) in [6, 6.07) is 1.50. The summed E-state index contributed by atoms with van der Waals surface area (Å²) in [5.41, 5.74) is 0.887. The number of aromatic nitrogens is 1. The van der Waals surface area contributed by atoms with Crippen LogP contribution in [-0.2, 0) is 11.3 Å². The minimum atomic E-state index is -0.381. The van der Waals surface area contributed by atoms with Crippen LogP contribution in [0.3, 0.4) is 0 Å². The van der Waals surface area contributed by atoms with Crippen molar-refractivity contribution in [2.45, 2.75) is 45.3 Å². The average molecular weight is 335 g/mol. The van der Waals surface area contributed by atoms with Crippen molar-refractivity contribution in [1.29, 1.82) is 0 Å². The van der Waals surface area contributed by atoms with Crippen LogP contribution in [0.1, 0.15) is 31.2 Å². The number of rotatable bonds is 5. The van der Waals surface area contributed by atoms with Gasteiger partial charge in [0.1, 0.15) is 0 Å². The van der Waals surface area contributed by atoms with E-state index in [-0.39, 0.29) is 24.0 Å². The Morgan fingerprint density at radius 3 is 2.62 bits per heavy atom. The van der Waals surface area contributed by atoms with E-state index in [0.29, 0.717) is 0 Å². The highest BCUT2D eigenvalue weighted by molar-refractivity contribution is 5.97. The van der Waals surface area contributed by atoms with Crippen LogP contribution in [0, 0.1) is 6.92 Å². The van der Waals surface area contributed by atoms with E-state index < -0.39 is 0 Å². The number of nitrogens with zero attached hydrogens (tertiary/aromatic N) is 3. The number of urea groups is 1. The van der Waals surface area contributed by atoms with Crippen LogP contribution in [0.25, 0.3) is 0 Å². The van der Waals surface area contributed by atoms with E-state index in [2.05, 4.69) is 25.6 Å². The van der Waals surface area contributed by atoms with Crippen molar-refractivity contribution in [3.05, 3.63) is 17.5 Å². The van der Waals surface area contributed by atoms with Gasteiger partial charge in [-0.1, -0.05) is 5.16 Å². The third kappa shape index (κ3) is 4.55. The van der Waals surface area contributed by atoms with Gasteiger partial charge in [0.25, 0.3) is 0 Å². The highest BCUT2D eigenvalue weighted by atomic mass is 16.5. The van der Waals surface area contributed by atoms with Crippen molar-refractivity contribution in [3.63, 3.8) is 0 Å². The number of hydrogen-bond acceptors (Lipinski definition) is 6. The fraction of sp³-hybridized carbons (Fsp3) is 0.688.